The van der Waals surface area contributed by atoms with E-state index in [0.717, 1.165) is 36.8 Å². The predicted molar refractivity (Wildman–Crippen MR) is 67.1 cm³/mol. The average molecular weight is 241 g/mol. The first kappa shape index (κ1) is 11.8. The number of anilines is 1. The standard InChI is InChI=1S/C11H19N3OS/c1-9-8-16-11(13-9)14-5-2-10(3-6-14)15-7-4-12/h8,10H,2-7,12H2,1H3. The summed E-state index contributed by atoms with van der Waals surface area (Å²) in [5.74, 6) is 0. The number of rotatable bonds is 4. The van der Waals surface area contributed by atoms with Crippen LogP contribution in [0, 0.1) is 6.92 Å². The van der Waals surface area contributed by atoms with E-state index in [0.29, 0.717) is 19.3 Å². The van der Waals surface area contributed by atoms with Gasteiger partial charge in [0.15, 0.2) is 5.13 Å². The molecule has 5 heteroatoms. The van der Waals surface area contributed by atoms with Gasteiger partial charge < -0.3 is 15.4 Å². The van der Waals surface area contributed by atoms with Crippen LogP contribution in [0.25, 0.3) is 0 Å². The molecule has 1 aromatic heterocycles. The highest BCUT2D eigenvalue weighted by Crippen LogP contribution is 2.24. The summed E-state index contributed by atoms with van der Waals surface area (Å²) in [6, 6.07) is 0. The van der Waals surface area contributed by atoms with Crippen molar-refractivity contribution in [3.63, 3.8) is 0 Å². The van der Waals surface area contributed by atoms with E-state index < -0.39 is 0 Å². The van der Waals surface area contributed by atoms with Crippen LogP contribution >= 0.6 is 11.3 Å². The van der Waals surface area contributed by atoms with Gasteiger partial charge in [-0.3, -0.25) is 0 Å². The first-order valence-electron chi connectivity index (χ1n) is 5.78. The van der Waals surface area contributed by atoms with Crippen LogP contribution < -0.4 is 10.6 Å². The second kappa shape index (κ2) is 5.61. The topological polar surface area (TPSA) is 51.4 Å². The van der Waals surface area contributed by atoms with Crippen molar-refractivity contribution in [1.29, 1.82) is 0 Å². The van der Waals surface area contributed by atoms with Crippen molar-refractivity contribution >= 4 is 16.5 Å². The molecule has 1 aliphatic heterocycles. The fourth-order valence-electron chi connectivity index (χ4n) is 1.94. The summed E-state index contributed by atoms with van der Waals surface area (Å²) in [6.45, 7) is 5.43. The summed E-state index contributed by atoms with van der Waals surface area (Å²) < 4.78 is 5.65. The van der Waals surface area contributed by atoms with Gasteiger partial charge in [-0.05, 0) is 19.8 Å². The Labute approximate surface area is 100 Å². The van der Waals surface area contributed by atoms with Crippen molar-refractivity contribution in [2.24, 2.45) is 5.73 Å². The Kier molecular flexibility index (Phi) is 4.15. The minimum absolute atomic E-state index is 0.390. The van der Waals surface area contributed by atoms with Gasteiger partial charge in [-0.1, -0.05) is 0 Å². The molecule has 0 saturated carbocycles. The molecule has 1 saturated heterocycles. The summed E-state index contributed by atoms with van der Waals surface area (Å²) in [5.41, 5.74) is 6.54. The molecule has 0 radical (unpaired) electrons. The van der Waals surface area contributed by atoms with E-state index >= 15 is 0 Å². The lowest BCUT2D eigenvalue weighted by atomic mass is 10.1. The van der Waals surface area contributed by atoms with Gasteiger partial charge in [0.05, 0.1) is 18.4 Å². The fraction of sp³-hybridized carbons (Fsp3) is 0.727. The van der Waals surface area contributed by atoms with Crippen LogP contribution in [0.2, 0.25) is 0 Å². The first-order valence-corrected chi connectivity index (χ1v) is 6.66. The Morgan fingerprint density at radius 1 is 1.56 bits per heavy atom. The van der Waals surface area contributed by atoms with Crippen LogP contribution in [0.1, 0.15) is 18.5 Å². The van der Waals surface area contributed by atoms with Gasteiger partial charge in [0.2, 0.25) is 0 Å². The van der Waals surface area contributed by atoms with Crippen molar-refractivity contribution in [2.45, 2.75) is 25.9 Å². The minimum Gasteiger partial charge on any atom is -0.377 e. The summed E-state index contributed by atoms with van der Waals surface area (Å²) >= 11 is 1.73. The van der Waals surface area contributed by atoms with Gasteiger partial charge in [0.25, 0.3) is 0 Å². The number of ether oxygens (including phenoxy) is 1. The third-order valence-electron chi connectivity index (χ3n) is 2.79. The molecule has 0 spiro atoms. The Hall–Kier alpha value is -0.650. The van der Waals surface area contributed by atoms with Crippen molar-refractivity contribution in [3.05, 3.63) is 11.1 Å². The minimum atomic E-state index is 0.390. The number of aromatic nitrogens is 1. The lowest BCUT2D eigenvalue weighted by molar-refractivity contribution is 0.0422. The SMILES string of the molecule is Cc1csc(N2CCC(OCCN)CC2)n1. The Morgan fingerprint density at radius 2 is 2.31 bits per heavy atom. The summed E-state index contributed by atoms with van der Waals surface area (Å²) in [5, 5.41) is 3.25. The zero-order chi connectivity index (χ0) is 11.4. The third kappa shape index (κ3) is 2.93. The number of hydrogen-bond acceptors (Lipinski definition) is 5. The second-order valence-electron chi connectivity index (χ2n) is 4.12. The number of aryl methyl sites for hydroxylation is 1. The molecular formula is C11H19N3OS. The van der Waals surface area contributed by atoms with E-state index in [9.17, 15) is 0 Å². The smallest absolute Gasteiger partial charge is 0.185 e. The molecule has 0 aliphatic carbocycles. The Balaban J connectivity index is 1.81. The average Bonchev–Trinajstić information content (AvgIpc) is 2.74. The number of thiazole rings is 1. The summed E-state index contributed by atoms with van der Waals surface area (Å²) in [4.78, 5) is 6.85. The molecule has 1 aromatic rings. The Morgan fingerprint density at radius 3 is 2.88 bits per heavy atom. The fourth-order valence-corrected chi connectivity index (χ4v) is 2.79. The van der Waals surface area contributed by atoms with Crippen LogP contribution in [0.5, 0.6) is 0 Å². The predicted octanol–water partition coefficient (Wildman–Crippen LogP) is 1.40. The van der Waals surface area contributed by atoms with E-state index in [1.54, 1.807) is 11.3 Å². The number of nitrogens with zero attached hydrogens (tertiary/aromatic N) is 2. The normalized spacial score (nSPS) is 18.0. The van der Waals surface area contributed by atoms with Gasteiger partial charge >= 0.3 is 0 Å². The Bertz CT molecular complexity index is 321. The largest absolute Gasteiger partial charge is 0.377 e. The van der Waals surface area contributed by atoms with E-state index in [1.165, 1.54) is 0 Å². The highest BCUT2D eigenvalue weighted by Gasteiger charge is 2.21. The van der Waals surface area contributed by atoms with Crippen molar-refractivity contribution in [2.75, 3.05) is 31.1 Å². The van der Waals surface area contributed by atoms with E-state index in [4.69, 9.17) is 10.5 Å². The van der Waals surface area contributed by atoms with Crippen LogP contribution in [-0.4, -0.2) is 37.3 Å². The van der Waals surface area contributed by atoms with Gasteiger partial charge in [-0.2, -0.15) is 0 Å². The van der Waals surface area contributed by atoms with Crippen LogP contribution in [0.3, 0.4) is 0 Å². The molecule has 0 aromatic carbocycles. The van der Waals surface area contributed by atoms with Crippen molar-refractivity contribution in [1.82, 2.24) is 4.98 Å². The molecule has 2 rings (SSSR count). The molecule has 2 N–H and O–H groups in total. The maximum atomic E-state index is 5.65. The summed E-state index contributed by atoms with van der Waals surface area (Å²) in [6.07, 6.45) is 2.55. The van der Waals surface area contributed by atoms with Gasteiger partial charge in [0, 0.05) is 25.0 Å². The first-order chi connectivity index (χ1) is 7.79. The molecule has 2 heterocycles. The van der Waals surface area contributed by atoms with Crippen LogP contribution in [0.15, 0.2) is 5.38 Å². The lowest BCUT2D eigenvalue weighted by Crippen LogP contribution is -2.37. The molecule has 16 heavy (non-hydrogen) atoms. The number of hydrogen-bond donors (Lipinski definition) is 1. The maximum absolute atomic E-state index is 5.65. The third-order valence-corrected chi connectivity index (χ3v) is 3.81. The highest BCUT2D eigenvalue weighted by molar-refractivity contribution is 7.13. The molecule has 0 unspecified atom stereocenters. The molecule has 0 bridgehead atoms. The van der Waals surface area contributed by atoms with Crippen LogP contribution in [0.4, 0.5) is 5.13 Å². The van der Waals surface area contributed by atoms with Crippen LogP contribution in [-0.2, 0) is 4.74 Å². The van der Waals surface area contributed by atoms with Gasteiger partial charge in [0.1, 0.15) is 0 Å². The summed E-state index contributed by atoms with van der Waals surface area (Å²) in [7, 11) is 0. The molecule has 1 aliphatic rings. The van der Waals surface area contributed by atoms with Gasteiger partial charge in [-0.15, -0.1) is 11.3 Å². The molecule has 90 valence electrons. The number of nitrogens with two attached hydrogens (primary N) is 1. The molecular weight excluding hydrogens is 222 g/mol. The van der Waals surface area contributed by atoms with E-state index in [-0.39, 0.29) is 0 Å². The molecule has 0 amide bonds. The van der Waals surface area contributed by atoms with Crippen molar-refractivity contribution in [3.8, 4) is 0 Å². The monoisotopic (exact) mass is 241 g/mol. The second-order valence-corrected chi connectivity index (χ2v) is 4.95. The molecule has 0 atom stereocenters. The van der Waals surface area contributed by atoms with Gasteiger partial charge in [-0.25, -0.2) is 4.98 Å². The molecule has 4 nitrogen and oxygen atoms in total. The molecule has 1 fully saturated rings. The number of piperidine rings is 1. The quantitative estimate of drug-likeness (QED) is 0.865. The zero-order valence-electron chi connectivity index (χ0n) is 9.69. The highest BCUT2D eigenvalue weighted by atomic mass is 32.1. The van der Waals surface area contributed by atoms with E-state index in [1.807, 2.05) is 6.92 Å². The van der Waals surface area contributed by atoms with E-state index in [2.05, 4.69) is 15.3 Å². The van der Waals surface area contributed by atoms with Crippen molar-refractivity contribution < 1.29 is 4.74 Å². The maximum Gasteiger partial charge on any atom is 0.185 e. The zero-order valence-corrected chi connectivity index (χ0v) is 10.5. The lowest BCUT2D eigenvalue weighted by Gasteiger charge is -2.31.